The van der Waals surface area contributed by atoms with Gasteiger partial charge in [-0.25, -0.2) is 4.98 Å². The number of carbonyl (C=O) groups excluding carboxylic acids is 2. The highest BCUT2D eigenvalue weighted by atomic mass is 16.5. The van der Waals surface area contributed by atoms with Gasteiger partial charge < -0.3 is 15.4 Å². The van der Waals surface area contributed by atoms with Gasteiger partial charge in [-0.1, -0.05) is 30.3 Å². The number of hydrogen-bond acceptors (Lipinski definition) is 4. The third kappa shape index (κ3) is 4.01. The molecular formula is C22H19N3O3. The summed E-state index contributed by atoms with van der Waals surface area (Å²) >= 11 is 0. The summed E-state index contributed by atoms with van der Waals surface area (Å²) in [4.78, 5) is 29.3. The highest BCUT2D eigenvalue weighted by molar-refractivity contribution is 6.02. The zero-order valence-electron chi connectivity index (χ0n) is 15.1. The molecule has 28 heavy (non-hydrogen) atoms. The lowest BCUT2D eigenvalue weighted by atomic mass is 10.1. The number of nitrogens with zero attached hydrogens (tertiary/aromatic N) is 1. The lowest BCUT2D eigenvalue weighted by Gasteiger charge is -2.15. The number of para-hydroxylation sites is 1. The first-order valence-corrected chi connectivity index (χ1v) is 9.07. The number of pyridine rings is 1. The van der Waals surface area contributed by atoms with Gasteiger partial charge in [0.25, 0.3) is 5.91 Å². The molecule has 1 aromatic heterocycles. The summed E-state index contributed by atoms with van der Waals surface area (Å²) in [5, 5.41) is 5.72. The maximum atomic E-state index is 12.7. The van der Waals surface area contributed by atoms with E-state index in [1.165, 1.54) is 0 Å². The van der Waals surface area contributed by atoms with Crippen molar-refractivity contribution in [3.05, 3.63) is 84.1 Å². The van der Waals surface area contributed by atoms with Crippen LogP contribution in [0.4, 0.5) is 5.69 Å². The van der Waals surface area contributed by atoms with Gasteiger partial charge in [-0.2, -0.15) is 0 Å². The van der Waals surface area contributed by atoms with Crippen LogP contribution < -0.4 is 15.4 Å². The topological polar surface area (TPSA) is 80.3 Å². The Bertz CT molecular complexity index is 1000. The second-order valence-corrected chi connectivity index (χ2v) is 6.51. The van der Waals surface area contributed by atoms with E-state index in [-0.39, 0.29) is 11.8 Å². The quantitative estimate of drug-likeness (QED) is 0.733. The number of aromatic nitrogens is 1. The van der Waals surface area contributed by atoms with Crippen LogP contribution in [-0.2, 0) is 11.2 Å². The first-order chi connectivity index (χ1) is 13.7. The summed E-state index contributed by atoms with van der Waals surface area (Å²) in [6.45, 7) is 0. The number of fused-ring (bicyclic) bond motifs is 1. The molecule has 1 unspecified atom stereocenters. The molecule has 3 aromatic rings. The van der Waals surface area contributed by atoms with E-state index in [2.05, 4.69) is 15.6 Å². The number of carbonyl (C=O) groups is 2. The molecule has 140 valence electrons. The number of amides is 2. The number of nitrogens with one attached hydrogen (secondary N) is 2. The van der Waals surface area contributed by atoms with E-state index in [0.29, 0.717) is 30.0 Å². The third-order valence-corrected chi connectivity index (χ3v) is 4.56. The van der Waals surface area contributed by atoms with Crippen molar-refractivity contribution in [2.24, 2.45) is 0 Å². The number of ether oxygens (including phenoxy) is 1. The molecule has 0 saturated carbocycles. The van der Waals surface area contributed by atoms with E-state index in [0.717, 1.165) is 11.3 Å². The highest BCUT2D eigenvalue weighted by Crippen LogP contribution is 2.23. The summed E-state index contributed by atoms with van der Waals surface area (Å²) < 4.78 is 5.67. The van der Waals surface area contributed by atoms with Crippen molar-refractivity contribution >= 4 is 17.5 Å². The molecular weight excluding hydrogens is 354 g/mol. The minimum Gasteiger partial charge on any atom is -0.439 e. The molecule has 0 aliphatic carbocycles. The van der Waals surface area contributed by atoms with E-state index < -0.39 is 6.04 Å². The number of benzene rings is 2. The van der Waals surface area contributed by atoms with Crippen LogP contribution >= 0.6 is 0 Å². The average Bonchev–Trinajstić information content (AvgIpc) is 2.88. The molecule has 2 heterocycles. The lowest BCUT2D eigenvalue weighted by molar-refractivity contribution is -0.118. The Balaban J connectivity index is 1.45. The van der Waals surface area contributed by atoms with Crippen LogP contribution in [0.15, 0.2) is 72.9 Å². The molecule has 0 bridgehead atoms. The van der Waals surface area contributed by atoms with Gasteiger partial charge in [-0.3, -0.25) is 9.59 Å². The predicted octanol–water partition coefficient (Wildman–Crippen LogP) is 3.56. The zero-order valence-corrected chi connectivity index (χ0v) is 15.1. The van der Waals surface area contributed by atoms with Crippen LogP contribution in [0.3, 0.4) is 0 Å². The smallest absolute Gasteiger partial charge is 0.252 e. The Labute approximate surface area is 162 Å². The van der Waals surface area contributed by atoms with Crippen molar-refractivity contribution in [1.29, 1.82) is 0 Å². The molecule has 0 saturated heterocycles. The van der Waals surface area contributed by atoms with Crippen molar-refractivity contribution in [2.45, 2.75) is 18.9 Å². The first kappa shape index (κ1) is 17.7. The summed E-state index contributed by atoms with van der Waals surface area (Å²) in [7, 11) is 0. The Morgan fingerprint density at radius 2 is 1.93 bits per heavy atom. The Morgan fingerprint density at radius 3 is 2.79 bits per heavy atom. The summed E-state index contributed by atoms with van der Waals surface area (Å²) in [5.74, 6) is 0.418. The summed E-state index contributed by atoms with van der Waals surface area (Å²) in [6, 6.07) is 19.2. The summed E-state index contributed by atoms with van der Waals surface area (Å²) in [5.41, 5.74) is 2.29. The fraction of sp³-hybridized carbons (Fsp3) is 0.136. The Kier molecular flexibility index (Phi) is 5.01. The van der Waals surface area contributed by atoms with E-state index in [4.69, 9.17) is 4.74 Å². The normalized spacial score (nSPS) is 15.7. The highest BCUT2D eigenvalue weighted by Gasteiger charge is 2.25. The van der Waals surface area contributed by atoms with Gasteiger partial charge in [0.05, 0.1) is 0 Å². The molecule has 6 nitrogen and oxygen atoms in total. The number of rotatable bonds is 4. The zero-order chi connectivity index (χ0) is 19.3. The molecule has 1 atom stereocenters. The number of hydrogen-bond donors (Lipinski definition) is 2. The third-order valence-electron chi connectivity index (χ3n) is 4.56. The molecule has 2 aromatic carbocycles. The molecule has 2 N–H and O–H groups in total. The van der Waals surface area contributed by atoms with Gasteiger partial charge in [0.1, 0.15) is 11.8 Å². The van der Waals surface area contributed by atoms with E-state index in [9.17, 15) is 9.59 Å². The second-order valence-electron chi connectivity index (χ2n) is 6.51. The summed E-state index contributed by atoms with van der Waals surface area (Å²) in [6.07, 6.45) is 2.88. The first-order valence-electron chi connectivity index (χ1n) is 9.07. The molecule has 1 aliphatic heterocycles. The SMILES string of the molecule is O=C(NC1CCc2ccccc2NC1=O)c1cccc(Oc2ccccn2)c1. The standard InChI is InChI=1S/C22H19N3O3/c26-21(16-7-5-8-17(14-16)28-20-10-3-4-13-23-20)25-19-12-11-15-6-1-2-9-18(15)24-22(19)27/h1-10,13-14,19H,11-12H2,(H,24,27)(H,25,26). The number of aryl methyl sites for hydroxylation is 1. The maximum Gasteiger partial charge on any atom is 0.252 e. The molecule has 0 fully saturated rings. The lowest BCUT2D eigenvalue weighted by Crippen LogP contribution is -2.43. The fourth-order valence-electron chi connectivity index (χ4n) is 3.12. The van der Waals surface area contributed by atoms with Gasteiger partial charge >= 0.3 is 0 Å². The maximum absolute atomic E-state index is 12.7. The van der Waals surface area contributed by atoms with Crippen LogP contribution in [0.2, 0.25) is 0 Å². The second kappa shape index (κ2) is 7.92. The van der Waals surface area contributed by atoms with Crippen LogP contribution in [0, 0.1) is 0 Å². The Morgan fingerprint density at radius 1 is 1.07 bits per heavy atom. The van der Waals surface area contributed by atoms with Crippen molar-refractivity contribution in [3.63, 3.8) is 0 Å². The average molecular weight is 373 g/mol. The fourth-order valence-corrected chi connectivity index (χ4v) is 3.12. The van der Waals surface area contributed by atoms with Gasteiger partial charge in [-0.05, 0) is 48.7 Å². The van der Waals surface area contributed by atoms with Crippen molar-refractivity contribution in [3.8, 4) is 11.6 Å². The minimum absolute atomic E-state index is 0.209. The van der Waals surface area contributed by atoms with Crippen molar-refractivity contribution < 1.29 is 14.3 Å². The van der Waals surface area contributed by atoms with Crippen LogP contribution in [0.25, 0.3) is 0 Å². The molecule has 2 amide bonds. The molecule has 1 aliphatic rings. The van der Waals surface area contributed by atoms with Crippen LogP contribution in [0.1, 0.15) is 22.3 Å². The van der Waals surface area contributed by atoms with Crippen molar-refractivity contribution in [1.82, 2.24) is 10.3 Å². The monoisotopic (exact) mass is 373 g/mol. The van der Waals surface area contributed by atoms with Gasteiger partial charge in [0.2, 0.25) is 11.8 Å². The Hall–Kier alpha value is -3.67. The predicted molar refractivity (Wildman–Crippen MR) is 105 cm³/mol. The largest absolute Gasteiger partial charge is 0.439 e. The van der Waals surface area contributed by atoms with Gasteiger partial charge in [0.15, 0.2) is 0 Å². The number of anilines is 1. The van der Waals surface area contributed by atoms with Gasteiger partial charge in [0, 0.05) is 23.5 Å². The van der Waals surface area contributed by atoms with Crippen LogP contribution in [-0.4, -0.2) is 22.8 Å². The van der Waals surface area contributed by atoms with Gasteiger partial charge in [-0.15, -0.1) is 0 Å². The van der Waals surface area contributed by atoms with Crippen molar-refractivity contribution in [2.75, 3.05) is 5.32 Å². The molecule has 0 spiro atoms. The van der Waals surface area contributed by atoms with E-state index >= 15 is 0 Å². The van der Waals surface area contributed by atoms with E-state index in [1.807, 2.05) is 30.3 Å². The molecule has 0 radical (unpaired) electrons. The van der Waals surface area contributed by atoms with Crippen LogP contribution in [0.5, 0.6) is 11.6 Å². The minimum atomic E-state index is -0.597. The van der Waals surface area contributed by atoms with E-state index in [1.54, 1.807) is 42.6 Å². The molecule has 6 heteroatoms. The molecule has 4 rings (SSSR count).